The molecule has 1 N–H and O–H groups in total. The fourth-order valence-corrected chi connectivity index (χ4v) is 4.65. The van der Waals surface area contributed by atoms with Crippen LogP contribution in [0.4, 0.5) is 0 Å². The van der Waals surface area contributed by atoms with E-state index in [0.29, 0.717) is 0 Å². The molecule has 0 radical (unpaired) electrons. The van der Waals surface area contributed by atoms with Crippen LogP contribution in [0.1, 0.15) is 32.1 Å². The van der Waals surface area contributed by atoms with Crippen molar-refractivity contribution in [1.29, 1.82) is 0 Å². The average Bonchev–Trinajstić information content (AvgIpc) is 3.13. The number of aromatic nitrogens is 2. The van der Waals surface area contributed by atoms with E-state index in [-0.39, 0.29) is 0 Å². The Morgan fingerprint density at radius 2 is 1.48 bits per heavy atom. The van der Waals surface area contributed by atoms with Crippen LogP contribution in [-0.2, 0) is 0 Å². The Bertz CT molecular complexity index is 732. The normalized spacial score (nSPS) is 15.4. The van der Waals surface area contributed by atoms with Crippen molar-refractivity contribution in [2.24, 2.45) is 5.92 Å². The largest absolute Gasteiger partial charge is 0.332 e. The highest BCUT2D eigenvalue weighted by molar-refractivity contribution is 7.99. The molecular formula is C22H24N2S. The van der Waals surface area contributed by atoms with Crippen LogP contribution < -0.4 is 0 Å². The maximum Gasteiger partial charge on any atom is 0.166 e. The minimum Gasteiger partial charge on any atom is -0.332 e. The third-order valence-electron chi connectivity index (χ3n) is 4.97. The molecule has 0 aliphatic heterocycles. The molecule has 0 bridgehead atoms. The van der Waals surface area contributed by atoms with Gasteiger partial charge in [-0.25, -0.2) is 4.98 Å². The number of rotatable bonds is 5. The summed E-state index contributed by atoms with van der Waals surface area (Å²) in [5.74, 6) is 2.03. The van der Waals surface area contributed by atoms with Crippen LogP contribution in [0.5, 0.6) is 0 Å². The number of benzene rings is 2. The van der Waals surface area contributed by atoms with Gasteiger partial charge < -0.3 is 4.98 Å². The number of nitrogens with one attached hydrogen (secondary N) is 1. The van der Waals surface area contributed by atoms with Crippen LogP contribution in [0.3, 0.4) is 0 Å². The van der Waals surface area contributed by atoms with Gasteiger partial charge in [0.15, 0.2) is 5.16 Å². The molecule has 1 aliphatic carbocycles. The fraction of sp³-hybridized carbons (Fsp3) is 0.318. The first kappa shape index (κ1) is 16.5. The van der Waals surface area contributed by atoms with Gasteiger partial charge in [-0.1, -0.05) is 91.7 Å². The second-order valence-electron chi connectivity index (χ2n) is 6.81. The molecule has 0 spiro atoms. The van der Waals surface area contributed by atoms with E-state index in [2.05, 4.69) is 65.6 Å². The number of imidazole rings is 1. The van der Waals surface area contributed by atoms with E-state index in [1.165, 1.54) is 49.0 Å². The van der Waals surface area contributed by atoms with Gasteiger partial charge in [0.05, 0.1) is 11.4 Å². The smallest absolute Gasteiger partial charge is 0.166 e. The van der Waals surface area contributed by atoms with Gasteiger partial charge in [0, 0.05) is 16.9 Å². The summed E-state index contributed by atoms with van der Waals surface area (Å²) in [6.07, 6.45) is 6.97. The second kappa shape index (κ2) is 7.92. The average molecular weight is 349 g/mol. The van der Waals surface area contributed by atoms with Gasteiger partial charge in [-0.2, -0.15) is 0 Å². The number of hydrogen-bond acceptors (Lipinski definition) is 2. The molecule has 0 unspecified atom stereocenters. The molecule has 25 heavy (non-hydrogen) atoms. The zero-order chi connectivity index (χ0) is 16.9. The van der Waals surface area contributed by atoms with Crippen molar-refractivity contribution in [2.45, 2.75) is 37.3 Å². The van der Waals surface area contributed by atoms with Crippen molar-refractivity contribution in [1.82, 2.24) is 9.97 Å². The third-order valence-corrected chi connectivity index (χ3v) is 6.08. The Balaban J connectivity index is 1.61. The predicted molar refractivity (Wildman–Crippen MR) is 107 cm³/mol. The van der Waals surface area contributed by atoms with Crippen molar-refractivity contribution in [3.8, 4) is 22.5 Å². The number of nitrogens with zero attached hydrogens (tertiary/aromatic N) is 1. The molecule has 3 heteroatoms. The minimum atomic E-state index is 0.851. The van der Waals surface area contributed by atoms with Gasteiger partial charge in [-0.3, -0.25) is 0 Å². The maximum atomic E-state index is 4.95. The molecule has 2 aromatic carbocycles. The molecule has 0 atom stereocenters. The molecule has 1 saturated carbocycles. The summed E-state index contributed by atoms with van der Waals surface area (Å²) in [6, 6.07) is 21.0. The van der Waals surface area contributed by atoms with E-state index in [1.807, 2.05) is 11.8 Å². The van der Waals surface area contributed by atoms with Crippen LogP contribution in [0.15, 0.2) is 65.8 Å². The topological polar surface area (TPSA) is 28.7 Å². The Morgan fingerprint density at radius 3 is 2.16 bits per heavy atom. The van der Waals surface area contributed by atoms with Crippen LogP contribution in [0.25, 0.3) is 22.5 Å². The van der Waals surface area contributed by atoms with E-state index in [4.69, 9.17) is 4.98 Å². The van der Waals surface area contributed by atoms with Crippen molar-refractivity contribution in [3.63, 3.8) is 0 Å². The molecule has 1 fully saturated rings. The van der Waals surface area contributed by atoms with E-state index in [1.54, 1.807) is 0 Å². The summed E-state index contributed by atoms with van der Waals surface area (Å²) in [4.78, 5) is 8.54. The lowest BCUT2D eigenvalue weighted by Gasteiger charge is -2.20. The van der Waals surface area contributed by atoms with Crippen LogP contribution in [0.2, 0.25) is 0 Å². The molecule has 0 saturated heterocycles. The summed E-state index contributed by atoms with van der Waals surface area (Å²) >= 11 is 1.88. The highest BCUT2D eigenvalue weighted by Crippen LogP contribution is 2.34. The first-order valence-electron chi connectivity index (χ1n) is 9.24. The molecule has 0 amide bonds. The quantitative estimate of drug-likeness (QED) is 0.539. The molecular weight excluding hydrogens is 324 g/mol. The van der Waals surface area contributed by atoms with Gasteiger partial charge in [0.1, 0.15) is 0 Å². The standard InChI is InChI=1S/C22H24N2S/c1-4-10-17(11-5-1)16-25-22-23-20(18-12-6-2-7-13-18)21(24-22)19-14-8-3-9-15-19/h2-3,6-9,12-15,17H,1,4-5,10-11,16H2,(H,23,24). The first-order chi connectivity index (χ1) is 12.4. The highest BCUT2D eigenvalue weighted by atomic mass is 32.2. The minimum absolute atomic E-state index is 0.851. The van der Waals surface area contributed by atoms with Crippen LogP contribution >= 0.6 is 11.8 Å². The van der Waals surface area contributed by atoms with Gasteiger partial charge >= 0.3 is 0 Å². The summed E-state index contributed by atoms with van der Waals surface area (Å²) in [5, 5.41) is 1.04. The Labute approximate surface area is 154 Å². The lowest BCUT2D eigenvalue weighted by Crippen LogP contribution is -2.08. The van der Waals surface area contributed by atoms with Crippen molar-refractivity contribution in [3.05, 3.63) is 60.7 Å². The molecule has 2 nitrogen and oxygen atoms in total. The Hall–Kier alpha value is -2.00. The molecule has 1 heterocycles. The Kier molecular flexibility index (Phi) is 5.22. The van der Waals surface area contributed by atoms with E-state index in [9.17, 15) is 0 Å². The molecule has 1 aliphatic rings. The summed E-state index contributed by atoms with van der Waals surface area (Å²) in [6.45, 7) is 0. The first-order valence-corrected chi connectivity index (χ1v) is 10.2. The van der Waals surface area contributed by atoms with E-state index >= 15 is 0 Å². The number of thioether (sulfide) groups is 1. The predicted octanol–water partition coefficient (Wildman–Crippen LogP) is 6.42. The van der Waals surface area contributed by atoms with Gasteiger partial charge in [0.25, 0.3) is 0 Å². The van der Waals surface area contributed by atoms with Crippen LogP contribution in [0, 0.1) is 5.92 Å². The van der Waals surface area contributed by atoms with Crippen molar-refractivity contribution < 1.29 is 0 Å². The number of H-pyrrole nitrogens is 1. The van der Waals surface area contributed by atoms with Crippen molar-refractivity contribution >= 4 is 11.8 Å². The number of aromatic amines is 1. The number of hydrogen-bond donors (Lipinski definition) is 1. The molecule has 3 aromatic rings. The maximum absolute atomic E-state index is 4.95. The zero-order valence-electron chi connectivity index (χ0n) is 14.4. The zero-order valence-corrected chi connectivity index (χ0v) is 15.3. The summed E-state index contributed by atoms with van der Waals surface area (Å²) in [5.41, 5.74) is 4.54. The van der Waals surface area contributed by atoms with Gasteiger partial charge in [-0.05, 0) is 18.8 Å². The fourth-order valence-electron chi connectivity index (χ4n) is 3.59. The van der Waals surface area contributed by atoms with Gasteiger partial charge in [0.2, 0.25) is 0 Å². The van der Waals surface area contributed by atoms with Crippen LogP contribution in [-0.4, -0.2) is 15.7 Å². The highest BCUT2D eigenvalue weighted by Gasteiger charge is 2.17. The third kappa shape index (κ3) is 3.98. The SMILES string of the molecule is c1ccc(-c2nc(SCC3CCCCC3)[nH]c2-c2ccccc2)cc1. The summed E-state index contributed by atoms with van der Waals surface area (Å²) < 4.78 is 0. The van der Waals surface area contributed by atoms with Gasteiger partial charge in [-0.15, -0.1) is 0 Å². The summed E-state index contributed by atoms with van der Waals surface area (Å²) in [7, 11) is 0. The lowest BCUT2D eigenvalue weighted by molar-refractivity contribution is 0.391. The monoisotopic (exact) mass is 348 g/mol. The molecule has 128 valence electrons. The van der Waals surface area contributed by atoms with E-state index in [0.717, 1.165) is 22.5 Å². The second-order valence-corrected chi connectivity index (χ2v) is 7.82. The molecule has 4 rings (SSSR count). The van der Waals surface area contributed by atoms with Crippen molar-refractivity contribution in [2.75, 3.05) is 5.75 Å². The Morgan fingerprint density at radius 1 is 0.840 bits per heavy atom. The van der Waals surface area contributed by atoms with E-state index < -0.39 is 0 Å². The lowest BCUT2D eigenvalue weighted by atomic mass is 9.91. The molecule has 1 aromatic heterocycles.